The number of nitrogens with zero attached hydrogens (tertiary/aromatic N) is 1. The fraction of sp³-hybridized carbons (Fsp3) is 0.200. The van der Waals surface area contributed by atoms with Gasteiger partial charge < -0.3 is 5.73 Å². The van der Waals surface area contributed by atoms with Crippen molar-refractivity contribution in [2.24, 2.45) is 5.73 Å². The maximum absolute atomic E-state index is 12.6. The van der Waals surface area contributed by atoms with Gasteiger partial charge in [0.15, 0.2) is 0 Å². The molecule has 0 spiro atoms. The van der Waals surface area contributed by atoms with Crippen LogP contribution < -0.4 is 10.6 Å². The molecular weight excluding hydrogens is 221 g/mol. The molecule has 0 saturated carbocycles. The number of amides is 2. The molecule has 0 aliphatic rings. The van der Waals surface area contributed by atoms with E-state index in [1.54, 1.807) is 0 Å². The van der Waals surface area contributed by atoms with Crippen LogP contribution in [0.25, 0.3) is 0 Å². The number of carbonyl (C=O) groups excluding carboxylic acids is 1. The van der Waals surface area contributed by atoms with Crippen molar-refractivity contribution < 1.29 is 18.0 Å². The second kappa shape index (κ2) is 4.42. The van der Waals surface area contributed by atoms with Crippen LogP contribution in [0, 0.1) is 6.92 Å². The van der Waals surface area contributed by atoms with Gasteiger partial charge in [-0.15, -0.1) is 0 Å². The number of nitrogens with two attached hydrogens (primary N) is 1. The first-order chi connectivity index (χ1) is 7.38. The van der Waals surface area contributed by atoms with E-state index in [0.29, 0.717) is 0 Å². The first-order valence-electron chi connectivity index (χ1n) is 4.40. The largest absolute Gasteiger partial charge is 0.418 e. The van der Waals surface area contributed by atoms with Gasteiger partial charge in [-0.2, -0.15) is 13.2 Å². The summed E-state index contributed by atoms with van der Waals surface area (Å²) in [5.74, 6) is 0. The molecule has 0 fully saturated rings. The van der Waals surface area contributed by atoms with Gasteiger partial charge in [-0.05, 0) is 19.1 Å². The van der Waals surface area contributed by atoms with Gasteiger partial charge in [-0.3, -0.25) is 4.90 Å². The topological polar surface area (TPSA) is 46.3 Å². The summed E-state index contributed by atoms with van der Waals surface area (Å²) in [6, 6.07) is 3.75. The summed E-state index contributed by atoms with van der Waals surface area (Å²) in [5.41, 5.74) is 3.79. The molecule has 16 heavy (non-hydrogen) atoms. The lowest BCUT2D eigenvalue weighted by Gasteiger charge is -2.22. The maximum Gasteiger partial charge on any atom is 0.418 e. The smallest absolute Gasteiger partial charge is 0.351 e. The van der Waals surface area contributed by atoms with Crippen LogP contribution in [0.2, 0.25) is 0 Å². The average Bonchev–Trinajstić information content (AvgIpc) is 2.17. The van der Waals surface area contributed by atoms with Crippen molar-refractivity contribution in [3.05, 3.63) is 36.8 Å². The van der Waals surface area contributed by atoms with Crippen LogP contribution in [-0.4, -0.2) is 12.6 Å². The molecule has 1 rings (SSSR count). The lowest BCUT2D eigenvalue weighted by Crippen LogP contribution is -2.36. The Bertz CT molecular complexity index is 390. The minimum Gasteiger partial charge on any atom is -0.351 e. The van der Waals surface area contributed by atoms with E-state index in [1.807, 2.05) is 0 Å². The number of rotatable bonds is 2. The Morgan fingerprint density at radius 2 is 1.94 bits per heavy atom. The predicted molar refractivity (Wildman–Crippen MR) is 53.7 cm³/mol. The molecule has 1 aromatic carbocycles. The number of anilines is 1. The van der Waals surface area contributed by atoms with Gasteiger partial charge in [0, 0.05) is 6.54 Å². The lowest BCUT2D eigenvalue weighted by molar-refractivity contribution is -0.137. The van der Waals surface area contributed by atoms with Crippen molar-refractivity contribution in [3.63, 3.8) is 0 Å². The van der Waals surface area contributed by atoms with Gasteiger partial charge in [-0.1, -0.05) is 12.1 Å². The van der Waals surface area contributed by atoms with Crippen molar-refractivity contribution in [2.45, 2.75) is 6.18 Å². The van der Waals surface area contributed by atoms with Gasteiger partial charge >= 0.3 is 12.2 Å². The highest BCUT2D eigenvalue weighted by Gasteiger charge is 2.35. The molecule has 0 unspecified atom stereocenters. The van der Waals surface area contributed by atoms with E-state index in [1.165, 1.54) is 18.2 Å². The molecule has 1 radical (unpaired) electrons. The number of alkyl halides is 3. The number of benzene rings is 1. The highest BCUT2D eigenvalue weighted by atomic mass is 19.4. The van der Waals surface area contributed by atoms with Crippen LogP contribution in [0.3, 0.4) is 0 Å². The predicted octanol–water partition coefficient (Wildman–Crippen LogP) is 2.42. The van der Waals surface area contributed by atoms with E-state index in [0.717, 1.165) is 11.0 Å². The van der Waals surface area contributed by atoms with E-state index in [-0.39, 0.29) is 12.2 Å². The van der Waals surface area contributed by atoms with Gasteiger partial charge in [-0.25, -0.2) is 4.79 Å². The zero-order valence-corrected chi connectivity index (χ0v) is 8.29. The summed E-state index contributed by atoms with van der Waals surface area (Å²) < 4.78 is 37.8. The molecule has 0 aromatic heterocycles. The second-order valence-electron chi connectivity index (χ2n) is 3.00. The Hall–Kier alpha value is -1.72. The summed E-state index contributed by atoms with van der Waals surface area (Å²) in [4.78, 5) is 11.7. The fourth-order valence-electron chi connectivity index (χ4n) is 1.30. The zero-order chi connectivity index (χ0) is 12.3. The van der Waals surface area contributed by atoms with E-state index in [2.05, 4.69) is 6.92 Å². The molecule has 0 aliphatic carbocycles. The van der Waals surface area contributed by atoms with Crippen molar-refractivity contribution in [2.75, 3.05) is 11.4 Å². The summed E-state index contributed by atoms with van der Waals surface area (Å²) in [7, 11) is 0. The van der Waals surface area contributed by atoms with Gasteiger partial charge in [0.05, 0.1) is 11.3 Å². The molecule has 3 nitrogen and oxygen atoms in total. The van der Waals surface area contributed by atoms with Crippen molar-refractivity contribution >= 4 is 11.7 Å². The summed E-state index contributed by atoms with van der Waals surface area (Å²) >= 11 is 0. The normalized spacial score (nSPS) is 11.2. The van der Waals surface area contributed by atoms with E-state index >= 15 is 0 Å². The Morgan fingerprint density at radius 3 is 2.38 bits per heavy atom. The van der Waals surface area contributed by atoms with Crippen LogP contribution in [0.15, 0.2) is 24.3 Å². The number of hydrogen-bond donors (Lipinski definition) is 1. The van der Waals surface area contributed by atoms with Crippen LogP contribution in [0.5, 0.6) is 0 Å². The van der Waals surface area contributed by atoms with Crippen molar-refractivity contribution in [1.29, 1.82) is 0 Å². The van der Waals surface area contributed by atoms with Gasteiger partial charge in [0.25, 0.3) is 0 Å². The Kier molecular flexibility index (Phi) is 3.41. The number of urea groups is 1. The average molecular weight is 231 g/mol. The lowest BCUT2D eigenvalue weighted by atomic mass is 10.1. The molecular formula is C10H10F3N2O. The molecule has 6 heteroatoms. The quantitative estimate of drug-likeness (QED) is 0.834. The van der Waals surface area contributed by atoms with E-state index < -0.39 is 17.8 Å². The van der Waals surface area contributed by atoms with Crippen molar-refractivity contribution in [3.8, 4) is 0 Å². The van der Waals surface area contributed by atoms with Crippen molar-refractivity contribution in [1.82, 2.24) is 0 Å². The van der Waals surface area contributed by atoms with Gasteiger partial charge in [0.2, 0.25) is 0 Å². The van der Waals surface area contributed by atoms with Crippen LogP contribution in [-0.2, 0) is 6.18 Å². The summed E-state index contributed by atoms with van der Waals surface area (Å²) in [6.45, 7) is 3.20. The molecule has 87 valence electrons. The molecule has 2 amide bonds. The van der Waals surface area contributed by atoms with Crippen LogP contribution >= 0.6 is 0 Å². The third kappa shape index (κ3) is 2.44. The first-order valence-corrected chi connectivity index (χ1v) is 4.40. The monoisotopic (exact) mass is 231 g/mol. The molecule has 0 bridgehead atoms. The molecule has 0 atom stereocenters. The minimum absolute atomic E-state index is 0.164. The molecule has 0 saturated heterocycles. The van der Waals surface area contributed by atoms with Crippen LogP contribution in [0.4, 0.5) is 23.7 Å². The standard InChI is InChI=1S/C10H10F3N2O/c1-2-15(9(14)16)8-6-4-3-5-7(8)10(11,12)13/h3-6H,1-2H2,(H2,14,16). The van der Waals surface area contributed by atoms with Crippen LogP contribution in [0.1, 0.15) is 5.56 Å². The Labute approximate surface area is 90.6 Å². The highest BCUT2D eigenvalue weighted by molar-refractivity contribution is 5.91. The molecule has 0 heterocycles. The Morgan fingerprint density at radius 1 is 1.38 bits per heavy atom. The third-order valence-electron chi connectivity index (χ3n) is 1.99. The maximum atomic E-state index is 12.6. The minimum atomic E-state index is -4.53. The summed E-state index contributed by atoms with van der Waals surface area (Å²) in [6.07, 6.45) is -4.53. The third-order valence-corrected chi connectivity index (χ3v) is 1.99. The fourth-order valence-corrected chi connectivity index (χ4v) is 1.30. The Balaban J connectivity index is 3.27. The zero-order valence-electron chi connectivity index (χ0n) is 8.29. The highest BCUT2D eigenvalue weighted by Crippen LogP contribution is 2.36. The first kappa shape index (κ1) is 12.4. The molecule has 1 aromatic rings. The number of hydrogen-bond acceptors (Lipinski definition) is 1. The number of primary amides is 1. The SMILES string of the molecule is [CH2]CN(C(N)=O)c1ccccc1C(F)(F)F. The van der Waals surface area contributed by atoms with E-state index in [9.17, 15) is 18.0 Å². The summed E-state index contributed by atoms with van der Waals surface area (Å²) in [5, 5.41) is 0. The number of halogens is 3. The van der Waals surface area contributed by atoms with Gasteiger partial charge in [0.1, 0.15) is 0 Å². The second-order valence-corrected chi connectivity index (χ2v) is 3.00. The molecule has 2 N–H and O–H groups in total. The number of para-hydroxylation sites is 1. The van der Waals surface area contributed by atoms with E-state index in [4.69, 9.17) is 5.73 Å². The molecule has 0 aliphatic heterocycles. The number of carbonyl (C=O) groups is 1.